The molecule has 3 rings (SSSR count). The van der Waals surface area contributed by atoms with Gasteiger partial charge in [-0.3, -0.25) is 0 Å². The van der Waals surface area contributed by atoms with E-state index >= 15 is 0 Å². The van der Waals surface area contributed by atoms with E-state index < -0.39 is 35.9 Å². The number of epoxide rings is 1. The van der Waals surface area contributed by atoms with Crippen LogP contribution in [0.5, 0.6) is 5.75 Å². The molecule has 0 saturated carbocycles. The van der Waals surface area contributed by atoms with Gasteiger partial charge in [-0.05, 0) is 57.2 Å². The maximum Gasteiger partial charge on any atom is 0.425 e. The molecule has 1 aromatic carbocycles. The molecule has 2 aromatic rings. The number of alkyl carbamates (subject to hydrolysis) is 1. The Morgan fingerprint density at radius 1 is 1.16 bits per heavy atom. The van der Waals surface area contributed by atoms with E-state index in [1.54, 1.807) is 20.8 Å². The van der Waals surface area contributed by atoms with E-state index in [1.165, 1.54) is 36.4 Å². The normalized spacial score (nSPS) is 18.4. The molecule has 0 aliphatic carbocycles. The van der Waals surface area contributed by atoms with Crippen LogP contribution in [0.1, 0.15) is 26.5 Å². The van der Waals surface area contributed by atoms with Gasteiger partial charge in [0.05, 0.1) is 18.8 Å². The van der Waals surface area contributed by atoms with Crippen LogP contribution >= 0.6 is 0 Å². The third kappa shape index (κ3) is 5.43. The van der Waals surface area contributed by atoms with Gasteiger partial charge in [0.1, 0.15) is 29.5 Å². The van der Waals surface area contributed by atoms with E-state index in [9.17, 15) is 22.4 Å². The van der Waals surface area contributed by atoms with Crippen molar-refractivity contribution in [3.8, 4) is 17.0 Å². The fourth-order valence-corrected chi connectivity index (χ4v) is 2.76. The molecule has 0 radical (unpaired) electrons. The summed E-state index contributed by atoms with van der Waals surface area (Å²) in [5.74, 6) is -0.319. The lowest BCUT2D eigenvalue weighted by Gasteiger charge is -2.20. The zero-order valence-corrected chi connectivity index (χ0v) is 17.2. The van der Waals surface area contributed by atoms with Gasteiger partial charge in [0, 0.05) is 5.56 Å². The van der Waals surface area contributed by atoms with Crippen LogP contribution in [-0.2, 0) is 15.1 Å². The van der Waals surface area contributed by atoms with Crippen molar-refractivity contribution in [1.82, 2.24) is 10.3 Å². The third-order valence-corrected chi connectivity index (χ3v) is 4.31. The highest BCUT2D eigenvalue weighted by Crippen LogP contribution is 2.51. The van der Waals surface area contributed by atoms with Gasteiger partial charge in [-0.25, -0.2) is 14.2 Å². The molecular weight excluding hydrogens is 420 g/mol. The van der Waals surface area contributed by atoms with Crippen LogP contribution in [0.25, 0.3) is 11.3 Å². The van der Waals surface area contributed by atoms with Crippen LogP contribution in [-0.4, -0.2) is 42.6 Å². The Morgan fingerprint density at radius 2 is 1.81 bits per heavy atom. The molecule has 1 aromatic heterocycles. The third-order valence-electron chi connectivity index (χ3n) is 4.31. The Kier molecular flexibility index (Phi) is 6.13. The fourth-order valence-electron chi connectivity index (χ4n) is 2.76. The van der Waals surface area contributed by atoms with Gasteiger partial charge in [-0.1, -0.05) is 0 Å². The summed E-state index contributed by atoms with van der Waals surface area (Å²) in [6.07, 6.45) is -5.25. The van der Waals surface area contributed by atoms with Gasteiger partial charge >= 0.3 is 12.3 Å². The molecule has 168 valence electrons. The SMILES string of the molecule is CC(C)(C)OC(=O)NCCOc1ccc(C2(C(F)(F)F)CO2)nc1-c1ccc(F)cc1. The Balaban J connectivity index is 1.78. The number of amides is 1. The summed E-state index contributed by atoms with van der Waals surface area (Å²) in [6, 6.07) is 7.66. The van der Waals surface area contributed by atoms with Crippen molar-refractivity contribution in [1.29, 1.82) is 0 Å². The van der Waals surface area contributed by atoms with E-state index in [4.69, 9.17) is 14.2 Å². The van der Waals surface area contributed by atoms with Gasteiger partial charge in [0.2, 0.25) is 5.60 Å². The molecule has 1 saturated heterocycles. The first kappa shape index (κ1) is 22.8. The molecule has 31 heavy (non-hydrogen) atoms. The predicted octanol–water partition coefficient (Wildman–Crippen LogP) is 4.58. The summed E-state index contributed by atoms with van der Waals surface area (Å²) in [4.78, 5) is 15.8. The van der Waals surface area contributed by atoms with Crippen LogP contribution in [0.4, 0.5) is 22.4 Å². The van der Waals surface area contributed by atoms with Gasteiger partial charge in [-0.15, -0.1) is 0 Å². The number of benzene rings is 1. The highest BCUT2D eigenvalue weighted by atomic mass is 19.4. The Bertz CT molecular complexity index is 936. The maximum absolute atomic E-state index is 13.4. The zero-order valence-electron chi connectivity index (χ0n) is 17.2. The number of pyridine rings is 1. The van der Waals surface area contributed by atoms with Crippen LogP contribution in [0.15, 0.2) is 36.4 Å². The maximum atomic E-state index is 13.4. The minimum atomic E-state index is -4.63. The minimum Gasteiger partial charge on any atom is -0.489 e. The highest BCUT2D eigenvalue weighted by molar-refractivity contribution is 5.68. The molecule has 1 fully saturated rings. The van der Waals surface area contributed by atoms with Crippen LogP contribution < -0.4 is 10.1 Å². The number of nitrogens with one attached hydrogen (secondary N) is 1. The molecule has 1 amide bonds. The number of rotatable bonds is 6. The number of ether oxygens (including phenoxy) is 3. The number of nitrogens with zero attached hydrogens (tertiary/aromatic N) is 1. The molecule has 2 heterocycles. The Labute approximate surface area is 176 Å². The van der Waals surface area contributed by atoms with Gasteiger partial charge in [0.15, 0.2) is 0 Å². The smallest absolute Gasteiger partial charge is 0.425 e. The summed E-state index contributed by atoms with van der Waals surface area (Å²) in [6.45, 7) is 4.75. The van der Waals surface area contributed by atoms with E-state index in [0.717, 1.165) is 0 Å². The molecule has 1 aliphatic heterocycles. The molecular formula is C21H22F4N2O4. The van der Waals surface area contributed by atoms with Gasteiger partial charge in [-0.2, -0.15) is 13.2 Å². The fraction of sp³-hybridized carbons (Fsp3) is 0.429. The van der Waals surface area contributed by atoms with Crippen molar-refractivity contribution in [2.75, 3.05) is 19.8 Å². The Hall–Kier alpha value is -2.88. The Morgan fingerprint density at radius 3 is 2.35 bits per heavy atom. The zero-order chi connectivity index (χ0) is 22.9. The number of carbonyl (C=O) groups is 1. The van der Waals surface area contributed by atoms with Crippen molar-refractivity contribution >= 4 is 6.09 Å². The molecule has 1 N–H and O–H groups in total. The number of hydrogen-bond donors (Lipinski definition) is 1. The number of aromatic nitrogens is 1. The van der Waals surface area contributed by atoms with Gasteiger partial charge in [0.25, 0.3) is 0 Å². The first-order valence-corrected chi connectivity index (χ1v) is 9.49. The minimum absolute atomic E-state index is 0.00930. The second-order valence-corrected chi connectivity index (χ2v) is 7.94. The predicted molar refractivity (Wildman–Crippen MR) is 103 cm³/mol. The molecule has 1 aliphatic rings. The summed E-state index contributed by atoms with van der Waals surface area (Å²) >= 11 is 0. The van der Waals surface area contributed by atoms with E-state index in [1.807, 2.05) is 0 Å². The second-order valence-electron chi connectivity index (χ2n) is 7.94. The first-order valence-electron chi connectivity index (χ1n) is 9.49. The quantitative estimate of drug-likeness (QED) is 0.403. The van der Waals surface area contributed by atoms with Gasteiger partial charge < -0.3 is 19.5 Å². The topological polar surface area (TPSA) is 73.0 Å². The summed E-state index contributed by atoms with van der Waals surface area (Å²) in [7, 11) is 0. The summed E-state index contributed by atoms with van der Waals surface area (Å²) in [5, 5.41) is 2.52. The summed E-state index contributed by atoms with van der Waals surface area (Å²) < 4.78 is 69.0. The highest BCUT2D eigenvalue weighted by Gasteiger charge is 2.68. The van der Waals surface area contributed by atoms with Crippen LogP contribution in [0, 0.1) is 5.82 Å². The molecule has 0 spiro atoms. The first-order chi connectivity index (χ1) is 14.4. The summed E-state index contributed by atoms with van der Waals surface area (Å²) in [5.41, 5.74) is -2.93. The van der Waals surface area contributed by atoms with E-state index in [-0.39, 0.29) is 30.3 Å². The van der Waals surface area contributed by atoms with Crippen molar-refractivity contribution in [2.45, 2.75) is 38.1 Å². The molecule has 0 bridgehead atoms. The van der Waals surface area contributed by atoms with Crippen molar-refractivity contribution in [2.24, 2.45) is 0 Å². The van der Waals surface area contributed by atoms with Crippen molar-refractivity contribution < 1.29 is 36.6 Å². The van der Waals surface area contributed by atoms with Crippen LogP contribution in [0.3, 0.4) is 0 Å². The number of alkyl halides is 3. The standard InChI is InChI=1S/C21H22F4N2O4/c1-19(2,3)31-18(28)26-10-11-29-15-8-9-16(20(12-30-20)21(23,24)25)27-17(15)13-4-6-14(22)7-5-13/h4-9H,10-12H2,1-3H3,(H,26,28). The molecule has 6 nitrogen and oxygen atoms in total. The number of carbonyl (C=O) groups excluding carboxylic acids is 1. The van der Waals surface area contributed by atoms with Crippen molar-refractivity contribution in [3.63, 3.8) is 0 Å². The second kappa shape index (κ2) is 8.33. The molecule has 10 heteroatoms. The lowest BCUT2D eigenvalue weighted by molar-refractivity contribution is -0.188. The average Bonchev–Trinajstić information content (AvgIpc) is 3.47. The van der Waals surface area contributed by atoms with E-state index in [2.05, 4.69) is 10.3 Å². The van der Waals surface area contributed by atoms with E-state index in [0.29, 0.717) is 5.56 Å². The lowest BCUT2D eigenvalue weighted by Crippen LogP contribution is -2.34. The average molecular weight is 442 g/mol. The molecule has 1 atom stereocenters. The van der Waals surface area contributed by atoms with Crippen molar-refractivity contribution in [3.05, 3.63) is 47.9 Å². The molecule has 1 unspecified atom stereocenters. The largest absolute Gasteiger partial charge is 0.489 e. The van der Waals surface area contributed by atoms with Crippen LogP contribution in [0.2, 0.25) is 0 Å². The number of hydrogen-bond acceptors (Lipinski definition) is 5. The monoisotopic (exact) mass is 442 g/mol. The lowest BCUT2D eigenvalue weighted by atomic mass is 10.0. The number of halogens is 4.